The average molecular weight is 214 g/mol. The second-order valence-electron chi connectivity index (χ2n) is 4.21. The van der Waals surface area contributed by atoms with E-state index in [0.29, 0.717) is 26.1 Å². The predicted octanol–water partition coefficient (Wildman–Crippen LogP) is 0.751. The summed E-state index contributed by atoms with van der Waals surface area (Å²) in [6.07, 6.45) is 2.69. The number of amides is 1. The molecule has 15 heavy (non-hydrogen) atoms. The molecule has 2 atom stereocenters. The van der Waals surface area contributed by atoms with E-state index in [-0.39, 0.29) is 18.1 Å². The third kappa shape index (κ3) is 3.80. The van der Waals surface area contributed by atoms with Crippen LogP contribution in [0.4, 0.5) is 0 Å². The lowest BCUT2D eigenvalue weighted by Crippen LogP contribution is -2.51. The first kappa shape index (κ1) is 12.5. The van der Waals surface area contributed by atoms with Crippen LogP contribution in [0.15, 0.2) is 0 Å². The van der Waals surface area contributed by atoms with Crippen molar-refractivity contribution in [3.8, 4) is 0 Å². The van der Waals surface area contributed by atoms with Gasteiger partial charge in [-0.3, -0.25) is 4.79 Å². The van der Waals surface area contributed by atoms with E-state index in [1.807, 2.05) is 11.8 Å². The third-order valence-corrected chi connectivity index (χ3v) is 2.78. The van der Waals surface area contributed by atoms with Crippen LogP contribution in [0.25, 0.3) is 0 Å². The monoisotopic (exact) mass is 214 g/mol. The van der Waals surface area contributed by atoms with Crippen LogP contribution >= 0.6 is 0 Å². The van der Waals surface area contributed by atoms with E-state index in [1.165, 1.54) is 0 Å². The standard InChI is InChI=1S/C11H22N2O2/c1-3-4-5-11(14)13-6-7-15-10(8-13)9(2)12/h9-10H,3-8,12H2,1-2H3. The van der Waals surface area contributed by atoms with Gasteiger partial charge in [0.1, 0.15) is 0 Å². The van der Waals surface area contributed by atoms with Gasteiger partial charge in [0.05, 0.1) is 12.7 Å². The van der Waals surface area contributed by atoms with Crippen LogP contribution in [0, 0.1) is 0 Å². The van der Waals surface area contributed by atoms with Crippen LogP contribution in [-0.4, -0.2) is 42.6 Å². The van der Waals surface area contributed by atoms with Gasteiger partial charge in [-0.1, -0.05) is 13.3 Å². The highest BCUT2D eigenvalue weighted by atomic mass is 16.5. The number of carbonyl (C=O) groups excluding carboxylic acids is 1. The number of ether oxygens (including phenoxy) is 1. The zero-order valence-corrected chi connectivity index (χ0v) is 9.74. The molecule has 4 nitrogen and oxygen atoms in total. The van der Waals surface area contributed by atoms with Crippen LogP contribution in [0.2, 0.25) is 0 Å². The average Bonchev–Trinajstić information content (AvgIpc) is 2.26. The summed E-state index contributed by atoms with van der Waals surface area (Å²) < 4.78 is 5.51. The maximum Gasteiger partial charge on any atom is 0.222 e. The molecule has 1 saturated heterocycles. The molecule has 1 aliphatic rings. The Labute approximate surface area is 91.8 Å². The second kappa shape index (κ2) is 6.08. The summed E-state index contributed by atoms with van der Waals surface area (Å²) in [5, 5.41) is 0. The lowest BCUT2D eigenvalue weighted by atomic mass is 10.1. The van der Waals surface area contributed by atoms with Crippen molar-refractivity contribution >= 4 is 5.91 Å². The molecule has 2 unspecified atom stereocenters. The Balaban J connectivity index is 2.38. The van der Waals surface area contributed by atoms with Gasteiger partial charge in [0.25, 0.3) is 0 Å². The molecule has 0 saturated carbocycles. The highest BCUT2D eigenvalue weighted by Crippen LogP contribution is 2.10. The molecule has 4 heteroatoms. The molecule has 1 amide bonds. The molecular weight excluding hydrogens is 192 g/mol. The molecule has 0 aromatic heterocycles. The van der Waals surface area contributed by atoms with Crippen LogP contribution < -0.4 is 5.73 Å². The molecule has 1 heterocycles. The number of unbranched alkanes of at least 4 members (excludes halogenated alkanes) is 1. The predicted molar refractivity (Wildman–Crippen MR) is 59.5 cm³/mol. The molecule has 0 bridgehead atoms. The molecule has 2 N–H and O–H groups in total. The largest absolute Gasteiger partial charge is 0.373 e. The van der Waals surface area contributed by atoms with Crippen LogP contribution in [0.3, 0.4) is 0 Å². The maximum atomic E-state index is 11.8. The number of morpholine rings is 1. The molecule has 1 aliphatic heterocycles. The van der Waals surface area contributed by atoms with Gasteiger partial charge in [-0.2, -0.15) is 0 Å². The van der Waals surface area contributed by atoms with Crippen LogP contribution in [0.5, 0.6) is 0 Å². The Morgan fingerprint density at radius 2 is 2.40 bits per heavy atom. The SMILES string of the molecule is CCCCC(=O)N1CCOC(C(C)N)C1. The van der Waals surface area contributed by atoms with E-state index in [1.54, 1.807) is 0 Å². The van der Waals surface area contributed by atoms with Crippen molar-refractivity contribution in [2.24, 2.45) is 5.73 Å². The van der Waals surface area contributed by atoms with E-state index in [4.69, 9.17) is 10.5 Å². The van der Waals surface area contributed by atoms with Crippen molar-refractivity contribution < 1.29 is 9.53 Å². The minimum absolute atomic E-state index is 0.00401. The Bertz CT molecular complexity index is 207. The van der Waals surface area contributed by atoms with E-state index < -0.39 is 0 Å². The smallest absolute Gasteiger partial charge is 0.222 e. The van der Waals surface area contributed by atoms with E-state index in [9.17, 15) is 4.79 Å². The van der Waals surface area contributed by atoms with E-state index in [0.717, 1.165) is 12.8 Å². The molecule has 0 aromatic rings. The fourth-order valence-corrected chi connectivity index (χ4v) is 1.71. The maximum absolute atomic E-state index is 11.8. The Hall–Kier alpha value is -0.610. The number of carbonyl (C=O) groups is 1. The van der Waals surface area contributed by atoms with Gasteiger partial charge in [-0.25, -0.2) is 0 Å². The van der Waals surface area contributed by atoms with E-state index in [2.05, 4.69) is 6.92 Å². The topological polar surface area (TPSA) is 55.6 Å². The quantitative estimate of drug-likeness (QED) is 0.751. The first-order valence-corrected chi connectivity index (χ1v) is 5.80. The minimum atomic E-state index is -0.00762. The summed E-state index contributed by atoms with van der Waals surface area (Å²) >= 11 is 0. The molecule has 0 aliphatic carbocycles. The normalized spacial score (nSPS) is 23.9. The highest BCUT2D eigenvalue weighted by Gasteiger charge is 2.25. The molecule has 0 spiro atoms. The number of nitrogens with zero attached hydrogens (tertiary/aromatic N) is 1. The van der Waals surface area contributed by atoms with Crippen molar-refractivity contribution in [1.29, 1.82) is 0 Å². The highest BCUT2D eigenvalue weighted by molar-refractivity contribution is 5.76. The van der Waals surface area contributed by atoms with Crippen molar-refractivity contribution in [3.05, 3.63) is 0 Å². The first-order valence-electron chi connectivity index (χ1n) is 5.80. The summed E-state index contributed by atoms with van der Waals surface area (Å²) in [6.45, 7) is 6.00. The Morgan fingerprint density at radius 1 is 1.67 bits per heavy atom. The van der Waals surface area contributed by atoms with E-state index >= 15 is 0 Å². The molecule has 0 aromatic carbocycles. The second-order valence-corrected chi connectivity index (χ2v) is 4.21. The lowest BCUT2D eigenvalue weighted by Gasteiger charge is -2.34. The summed E-state index contributed by atoms with van der Waals surface area (Å²) in [7, 11) is 0. The van der Waals surface area contributed by atoms with Crippen LogP contribution in [-0.2, 0) is 9.53 Å². The number of hydrogen-bond donors (Lipinski definition) is 1. The zero-order chi connectivity index (χ0) is 11.3. The Morgan fingerprint density at radius 3 is 3.00 bits per heavy atom. The minimum Gasteiger partial charge on any atom is -0.373 e. The van der Waals surface area contributed by atoms with Gasteiger partial charge in [0.15, 0.2) is 0 Å². The van der Waals surface area contributed by atoms with Gasteiger partial charge >= 0.3 is 0 Å². The van der Waals surface area contributed by atoms with Gasteiger partial charge in [0, 0.05) is 25.6 Å². The van der Waals surface area contributed by atoms with Gasteiger partial charge in [-0.05, 0) is 13.3 Å². The fourth-order valence-electron chi connectivity index (χ4n) is 1.71. The van der Waals surface area contributed by atoms with Crippen LogP contribution in [0.1, 0.15) is 33.1 Å². The summed E-state index contributed by atoms with van der Waals surface area (Å²) in [6, 6.07) is -0.00762. The molecule has 88 valence electrons. The third-order valence-electron chi connectivity index (χ3n) is 2.78. The molecule has 0 radical (unpaired) electrons. The summed E-state index contributed by atoms with van der Waals surface area (Å²) in [5.74, 6) is 0.241. The van der Waals surface area contributed by atoms with Crippen molar-refractivity contribution in [2.75, 3.05) is 19.7 Å². The van der Waals surface area contributed by atoms with Crippen molar-refractivity contribution in [2.45, 2.75) is 45.3 Å². The molecular formula is C11H22N2O2. The number of rotatable bonds is 4. The van der Waals surface area contributed by atoms with Gasteiger partial charge in [0.2, 0.25) is 5.91 Å². The van der Waals surface area contributed by atoms with Crippen molar-refractivity contribution in [3.63, 3.8) is 0 Å². The summed E-state index contributed by atoms with van der Waals surface area (Å²) in [4.78, 5) is 13.6. The fraction of sp³-hybridized carbons (Fsp3) is 0.909. The Kier molecular flexibility index (Phi) is 5.05. The number of hydrogen-bond acceptors (Lipinski definition) is 3. The van der Waals surface area contributed by atoms with Gasteiger partial charge < -0.3 is 15.4 Å². The molecule has 1 fully saturated rings. The van der Waals surface area contributed by atoms with Gasteiger partial charge in [-0.15, -0.1) is 0 Å². The summed E-state index contributed by atoms with van der Waals surface area (Å²) in [5.41, 5.74) is 5.77. The lowest BCUT2D eigenvalue weighted by molar-refractivity contribution is -0.139. The molecule has 1 rings (SSSR count). The number of nitrogens with two attached hydrogens (primary N) is 1. The first-order chi connectivity index (χ1) is 7.15. The van der Waals surface area contributed by atoms with Crippen molar-refractivity contribution in [1.82, 2.24) is 4.90 Å². The zero-order valence-electron chi connectivity index (χ0n) is 9.74.